The van der Waals surface area contributed by atoms with E-state index in [9.17, 15) is 22.8 Å². The molecule has 0 unspecified atom stereocenters. The molecule has 28 heavy (non-hydrogen) atoms. The molecule has 0 bridgehead atoms. The molecule has 146 valence electrons. The van der Waals surface area contributed by atoms with Crippen molar-refractivity contribution in [3.8, 4) is 5.75 Å². The van der Waals surface area contributed by atoms with Crippen molar-refractivity contribution in [2.75, 3.05) is 5.32 Å². The fourth-order valence-corrected chi connectivity index (χ4v) is 2.52. The number of carbonyl (C=O) groups is 2. The largest absolute Gasteiger partial charge is 0.573 e. The topological polar surface area (TPSA) is 95.3 Å². The Balaban J connectivity index is 1.48. The quantitative estimate of drug-likeness (QED) is 0.512. The Morgan fingerprint density at radius 3 is 2.43 bits per heavy atom. The Morgan fingerprint density at radius 1 is 1.00 bits per heavy atom. The predicted molar refractivity (Wildman–Crippen MR) is 95.4 cm³/mol. The number of carbonyl (C=O) groups excluding carboxylic acids is 2. The second-order valence-electron chi connectivity index (χ2n) is 5.74. The SMILES string of the molecule is O=C(Cc1c[nH]c2ccccc12)NNC(=O)Nc1ccc(OC(F)(F)F)cc1. The average Bonchev–Trinajstić information content (AvgIpc) is 3.03. The lowest BCUT2D eigenvalue weighted by molar-refractivity contribution is -0.274. The van der Waals surface area contributed by atoms with E-state index in [0.717, 1.165) is 28.6 Å². The number of halogens is 3. The number of hydrogen-bond donors (Lipinski definition) is 4. The van der Waals surface area contributed by atoms with Crippen molar-refractivity contribution < 1.29 is 27.5 Å². The summed E-state index contributed by atoms with van der Waals surface area (Å²) in [5.74, 6) is -0.848. The van der Waals surface area contributed by atoms with Crippen molar-refractivity contribution >= 4 is 28.5 Å². The van der Waals surface area contributed by atoms with Crippen molar-refractivity contribution in [2.24, 2.45) is 0 Å². The van der Waals surface area contributed by atoms with Crippen LogP contribution in [0.3, 0.4) is 0 Å². The Bertz CT molecular complexity index is 984. The Kier molecular flexibility index (Phi) is 5.39. The monoisotopic (exact) mass is 392 g/mol. The summed E-state index contributed by atoms with van der Waals surface area (Å²) in [6, 6.07) is 11.3. The van der Waals surface area contributed by atoms with Crippen LogP contribution in [0, 0.1) is 0 Å². The highest BCUT2D eigenvalue weighted by Crippen LogP contribution is 2.23. The number of aromatic nitrogens is 1. The molecule has 0 radical (unpaired) electrons. The van der Waals surface area contributed by atoms with Crippen LogP contribution in [-0.4, -0.2) is 23.3 Å². The van der Waals surface area contributed by atoms with Gasteiger partial charge in [0, 0.05) is 22.8 Å². The molecule has 7 nitrogen and oxygen atoms in total. The summed E-state index contributed by atoms with van der Waals surface area (Å²) in [4.78, 5) is 26.8. The van der Waals surface area contributed by atoms with E-state index in [4.69, 9.17) is 0 Å². The van der Waals surface area contributed by atoms with Gasteiger partial charge in [-0.05, 0) is 35.9 Å². The minimum absolute atomic E-state index is 0.0494. The van der Waals surface area contributed by atoms with Gasteiger partial charge in [0.15, 0.2) is 0 Å². The summed E-state index contributed by atoms with van der Waals surface area (Å²) >= 11 is 0. The molecule has 0 aliphatic rings. The van der Waals surface area contributed by atoms with E-state index in [-0.39, 0.29) is 12.1 Å². The van der Waals surface area contributed by atoms with Crippen LogP contribution in [0.2, 0.25) is 0 Å². The van der Waals surface area contributed by atoms with Crippen molar-refractivity contribution in [1.82, 2.24) is 15.8 Å². The summed E-state index contributed by atoms with van der Waals surface area (Å²) in [6.07, 6.45) is -3.02. The first kappa shape index (κ1) is 19.1. The van der Waals surface area contributed by atoms with Crippen LogP contribution < -0.4 is 20.9 Å². The predicted octanol–water partition coefficient (Wildman–Crippen LogP) is 3.46. The van der Waals surface area contributed by atoms with Crippen LogP contribution in [-0.2, 0) is 11.2 Å². The fraction of sp³-hybridized carbons (Fsp3) is 0.111. The maximum Gasteiger partial charge on any atom is 0.573 e. The Hall–Kier alpha value is -3.69. The number of hydrogen-bond acceptors (Lipinski definition) is 3. The second-order valence-corrected chi connectivity index (χ2v) is 5.74. The first-order valence-electron chi connectivity index (χ1n) is 8.07. The number of H-pyrrole nitrogens is 1. The van der Waals surface area contributed by atoms with E-state index < -0.39 is 24.1 Å². The molecule has 0 fully saturated rings. The third-order valence-electron chi connectivity index (χ3n) is 3.69. The van der Waals surface area contributed by atoms with E-state index in [1.165, 1.54) is 12.1 Å². The number of para-hydroxylation sites is 1. The molecule has 3 aromatic rings. The highest BCUT2D eigenvalue weighted by molar-refractivity contribution is 5.92. The van der Waals surface area contributed by atoms with E-state index in [1.807, 2.05) is 24.3 Å². The summed E-state index contributed by atoms with van der Waals surface area (Å²) in [5, 5.41) is 3.27. The first-order chi connectivity index (χ1) is 13.3. The minimum Gasteiger partial charge on any atom is -0.406 e. The molecular formula is C18H15F3N4O3. The molecule has 0 saturated carbocycles. The number of amides is 3. The maximum atomic E-state index is 12.1. The number of nitrogens with one attached hydrogen (secondary N) is 4. The van der Waals surface area contributed by atoms with Gasteiger partial charge in [0.1, 0.15) is 5.75 Å². The lowest BCUT2D eigenvalue weighted by atomic mass is 10.1. The molecule has 10 heteroatoms. The number of urea groups is 1. The fourth-order valence-electron chi connectivity index (χ4n) is 2.52. The molecule has 0 aliphatic carbocycles. The number of aromatic amines is 1. The molecule has 0 saturated heterocycles. The van der Waals surface area contributed by atoms with Gasteiger partial charge >= 0.3 is 12.4 Å². The number of benzene rings is 2. The molecule has 3 rings (SSSR count). The van der Waals surface area contributed by atoms with Gasteiger partial charge in [-0.25, -0.2) is 10.2 Å². The standard InChI is InChI=1S/C18H15F3N4O3/c19-18(20,21)28-13-7-5-12(6-8-13)23-17(27)25-24-16(26)9-11-10-22-15-4-2-1-3-14(11)15/h1-8,10,22H,9H2,(H,24,26)(H2,23,25,27). The van der Waals surface area contributed by atoms with Crippen molar-refractivity contribution in [1.29, 1.82) is 0 Å². The van der Waals surface area contributed by atoms with Gasteiger partial charge < -0.3 is 15.0 Å². The highest BCUT2D eigenvalue weighted by Gasteiger charge is 2.30. The van der Waals surface area contributed by atoms with Crippen LogP contribution >= 0.6 is 0 Å². The number of anilines is 1. The Labute approximate surface area is 156 Å². The maximum absolute atomic E-state index is 12.1. The van der Waals surface area contributed by atoms with Crippen LogP contribution in [0.15, 0.2) is 54.7 Å². The van der Waals surface area contributed by atoms with Crippen LogP contribution in [0.4, 0.5) is 23.7 Å². The van der Waals surface area contributed by atoms with E-state index in [0.29, 0.717) is 0 Å². The molecule has 2 aromatic carbocycles. The van der Waals surface area contributed by atoms with Crippen molar-refractivity contribution in [3.05, 3.63) is 60.3 Å². The van der Waals surface area contributed by atoms with Gasteiger partial charge in [-0.15, -0.1) is 13.2 Å². The molecule has 1 heterocycles. The number of ether oxygens (including phenoxy) is 1. The van der Waals surface area contributed by atoms with Crippen LogP contribution in [0.1, 0.15) is 5.56 Å². The molecule has 4 N–H and O–H groups in total. The molecule has 0 aliphatic heterocycles. The van der Waals surface area contributed by atoms with E-state index >= 15 is 0 Å². The third kappa shape index (κ3) is 5.16. The summed E-state index contributed by atoms with van der Waals surface area (Å²) in [7, 11) is 0. The van der Waals surface area contributed by atoms with Gasteiger partial charge in [-0.2, -0.15) is 0 Å². The zero-order chi connectivity index (χ0) is 20.1. The smallest absolute Gasteiger partial charge is 0.406 e. The number of alkyl halides is 3. The molecule has 3 amide bonds. The van der Waals surface area contributed by atoms with E-state index in [1.54, 1.807) is 6.20 Å². The van der Waals surface area contributed by atoms with Crippen LogP contribution in [0.5, 0.6) is 5.75 Å². The number of hydrazine groups is 1. The van der Waals surface area contributed by atoms with Crippen LogP contribution in [0.25, 0.3) is 10.9 Å². The average molecular weight is 392 g/mol. The Morgan fingerprint density at radius 2 is 1.71 bits per heavy atom. The van der Waals surface area contributed by atoms with Crippen molar-refractivity contribution in [2.45, 2.75) is 12.8 Å². The molecule has 1 aromatic heterocycles. The molecule has 0 atom stereocenters. The van der Waals surface area contributed by atoms with Gasteiger partial charge in [-0.3, -0.25) is 10.2 Å². The molecule has 0 spiro atoms. The lowest BCUT2D eigenvalue weighted by Gasteiger charge is -2.11. The van der Waals surface area contributed by atoms with Gasteiger partial charge in [-0.1, -0.05) is 18.2 Å². The van der Waals surface area contributed by atoms with E-state index in [2.05, 4.69) is 25.9 Å². The number of fused-ring (bicyclic) bond motifs is 1. The second kappa shape index (κ2) is 7.91. The third-order valence-corrected chi connectivity index (χ3v) is 3.69. The minimum atomic E-state index is -4.79. The summed E-state index contributed by atoms with van der Waals surface area (Å²) in [6.45, 7) is 0. The van der Waals surface area contributed by atoms with Gasteiger partial charge in [0.05, 0.1) is 6.42 Å². The highest BCUT2D eigenvalue weighted by atomic mass is 19.4. The zero-order valence-corrected chi connectivity index (χ0v) is 14.3. The lowest BCUT2D eigenvalue weighted by Crippen LogP contribution is -2.44. The first-order valence-corrected chi connectivity index (χ1v) is 8.07. The zero-order valence-electron chi connectivity index (χ0n) is 14.3. The normalized spacial score (nSPS) is 11.1. The number of rotatable bonds is 4. The molecular weight excluding hydrogens is 377 g/mol. The van der Waals surface area contributed by atoms with Gasteiger partial charge in [0.2, 0.25) is 5.91 Å². The van der Waals surface area contributed by atoms with Gasteiger partial charge in [0.25, 0.3) is 0 Å². The summed E-state index contributed by atoms with van der Waals surface area (Å²) in [5.41, 5.74) is 6.32. The van der Waals surface area contributed by atoms with Crippen molar-refractivity contribution in [3.63, 3.8) is 0 Å². The summed E-state index contributed by atoms with van der Waals surface area (Å²) < 4.78 is 40.1.